The Bertz CT molecular complexity index is 1470. The summed E-state index contributed by atoms with van der Waals surface area (Å²) in [6.45, 7) is 12.8. The molecule has 4 rings (SSSR count). The van der Waals surface area contributed by atoms with Crippen molar-refractivity contribution in [1.29, 1.82) is 0 Å². The first-order chi connectivity index (χ1) is 20.2. The van der Waals surface area contributed by atoms with Gasteiger partial charge in [-0.1, -0.05) is 27.7 Å². The average molecular weight is 577 g/mol. The molecule has 0 spiro atoms. The highest BCUT2D eigenvalue weighted by Crippen LogP contribution is 2.27. The maximum atomic E-state index is 12.7. The number of furan rings is 2. The fourth-order valence-corrected chi connectivity index (χ4v) is 4.69. The highest BCUT2D eigenvalue weighted by Gasteiger charge is 2.16. The molecule has 1 unspecified atom stereocenters. The molecule has 0 radical (unpaired) electrons. The summed E-state index contributed by atoms with van der Waals surface area (Å²) in [5.74, 6) is 2.23. The Balaban J connectivity index is 1.12. The van der Waals surface area contributed by atoms with Gasteiger partial charge in [0.25, 0.3) is 0 Å². The van der Waals surface area contributed by atoms with E-state index in [1.807, 2.05) is 56.3 Å². The van der Waals surface area contributed by atoms with Crippen molar-refractivity contribution < 1.29 is 27.9 Å². The molecule has 0 aliphatic carbocycles. The Kier molecular flexibility index (Phi) is 11.2. The maximum Gasteiger partial charge on any atom is 0.200 e. The van der Waals surface area contributed by atoms with Gasteiger partial charge in [0, 0.05) is 41.7 Å². The molecule has 0 fully saturated rings. The van der Waals surface area contributed by atoms with Crippen molar-refractivity contribution >= 4 is 33.5 Å². The molecule has 0 saturated heterocycles. The number of ether oxygens (including phenoxy) is 2. The summed E-state index contributed by atoms with van der Waals surface area (Å²) in [6.07, 6.45) is 2.97. The lowest BCUT2D eigenvalue weighted by molar-refractivity contribution is 0.0912. The van der Waals surface area contributed by atoms with E-state index >= 15 is 0 Å². The quantitative estimate of drug-likeness (QED) is 0.0947. The third kappa shape index (κ3) is 8.94. The Morgan fingerprint density at radius 1 is 0.738 bits per heavy atom. The lowest BCUT2D eigenvalue weighted by atomic mass is 10.1. The van der Waals surface area contributed by atoms with E-state index in [1.54, 1.807) is 6.07 Å². The molecule has 2 aromatic carbocycles. The minimum Gasteiger partial charge on any atom is -0.494 e. The number of ketones is 2. The topological polar surface area (TPSA) is 103 Å². The number of nitrogens with one attached hydrogen (secondary N) is 2. The van der Waals surface area contributed by atoms with Gasteiger partial charge in [-0.15, -0.1) is 0 Å². The zero-order valence-corrected chi connectivity index (χ0v) is 25.5. The number of carbonyl (C=O) groups excluding carboxylic acids is 2. The Morgan fingerprint density at radius 3 is 2.00 bits per heavy atom. The van der Waals surface area contributed by atoms with E-state index in [-0.39, 0.29) is 23.5 Å². The molecule has 0 saturated carbocycles. The van der Waals surface area contributed by atoms with Crippen molar-refractivity contribution in [1.82, 2.24) is 10.6 Å². The monoisotopic (exact) mass is 576 g/mol. The summed E-state index contributed by atoms with van der Waals surface area (Å²) in [4.78, 5) is 24.9. The largest absolute Gasteiger partial charge is 0.494 e. The van der Waals surface area contributed by atoms with Gasteiger partial charge in [-0.25, -0.2) is 0 Å². The predicted octanol–water partition coefficient (Wildman–Crippen LogP) is 7.19. The number of rotatable bonds is 18. The summed E-state index contributed by atoms with van der Waals surface area (Å²) in [5.41, 5.74) is 1.38. The van der Waals surface area contributed by atoms with Gasteiger partial charge >= 0.3 is 0 Å². The van der Waals surface area contributed by atoms with Crippen LogP contribution in [0.4, 0.5) is 0 Å². The van der Waals surface area contributed by atoms with Crippen molar-refractivity contribution in [3.8, 4) is 11.5 Å². The molecule has 8 heteroatoms. The number of hydrogen-bond donors (Lipinski definition) is 2. The van der Waals surface area contributed by atoms with Crippen molar-refractivity contribution in [2.75, 3.05) is 26.3 Å². The minimum atomic E-state index is -0.106. The molecular formula is C34H44N2O6. The molecule has 2 heterocycles. The number of fused-ring (bicyclic) bond motifs is 2. The van der Waals surface area contributed by atoms with Gasteiger partial charge in [-0.3, -0.25) is 9.59 Å². The Hall–Kier alpha value is -3.62. The molecular weight excluding hydrogens is 532 g/mol. The Morgan fingerprint density at radius 2 is 1.36 bits per heavy atom. The molecule has 2 N–H and O–H groups in total. The van der Waals surface area contributed by atoms with Gasteiger partial charge < -0.3 is 28.9 Å². The van der Waals surface area contributed by atoms with E-state index in [0.717, 1.165) is 54.6 Å². The number of carbonyl (C=O) groups is 2. The van der Waals surface area contributed by atoms with Crippen LogP contribution in [0.5, 0.6) is 11.5 Å². The first-order valence-corrected chi connectivity index (χ1v) is 15.1. The summed E-state index contributed by atoms with van der Waals surface area (Å²) in [6, 6.07) is 15.6. The minimum absolute atomic E-state index is 0.00163. The number of Topliss-reactive ketones (excluding diaryl/α,β-unsaturated/α-hetero) is 2. The van der Waals surface area contributed by atoms with Crippen LogP contribution in [-0.2, 0) is 0 Å². The van der Waals surface area contributed by atoms with Gasteiger partial charge in [0.05, 0.1) is 6.61 Å². The highest BCUT2D eigenvalue weighted by atomic mass is 16.5. The molecule has 42 heavy (non-hydrogen) atoms. The van der Waals surface area contributed by atoms with Gasteiger partial charge in [0.2, 0.25) is 5.78 Å². The summed E-state index contributed by atoms with van der Waals surface area (Å²) in [5, 5.41) is 8.57. The molecule has 226 valence electrons. The van der Waals surface area contributed by atoms with E-state index in [1.165, 1.54) is 0 Å². The standard InChI is InChI=1S/C34H44N2O6/c1-22(2)34(38)33-21-26-19-27(10-13-31(26)42-33)39-16-7-14-36-24(5)8-6-9-29(37)32-20-25-18-28(11-12-30(25)41-32)40-17-15-35-23(3)4/h10-13,18-24,35-36H,6-9,14-17H2,1-5H3. The van der Waals surface area contributed by atoms with Gasteiger partial charge in [0.15, 0.2) is 17.3 Å². The molecule has 4 aromatic rings. The van der Waals surface area contributed by atoms with E-state index in [4.69, 9.17) is 18.3 Å². The molecule has 0 amide bonds. The zero-order valence-electron chi connectivity index (χ0n) is 25.5. The first kappa shape index (κ1) is 31.3. The number of hydrogen-bond acceptors (Lipinski definition) is 8. The molecule has 2 aromatic heterocycles. The Labute approximate surface area is 248 Å². The summed E-state index contributed by atoms with van der Waals surface area (Å²) < 4.78 is 23.2. The van der Waals surface area contributed by atoms with Crippen molar-refractivity contribution in [3.63, 3.8) is 0 Å². The van der Waals surface area contributed by atoms with E-state index in [2.05, 4.69) is 31.4 Å². The van der Waals surface area contributed by atoms with E-state index < -0.39 is 0 Å². The SMILES string of the molecule is CC(C)NCCOc1ccc2oc(C(=O)CCCC(C)NCCCOc3ccc4oc(C(=O)C(C)C)cc4c3)cc2c1. The van der Waals surface area contributed by atoms with Crippen molar-refractivity contribution in [2.24, 2.45) is 5.92 Å². The molecule has 0 aliphatic heterocycles. The molecule has 1 atom stereocenters. The van der Waals surface area contributed by atoms with Crippen LogP contribution in [0.2, 0.25) is 0 Å². The lowest BCUT2D eigenvalue weighted by Crippen LogP contribution is -2.28. The number of benzene rings is 2. The van der Waals surface area contributed by atoms with Crippen molar-refractivity contribution in [2.45, 2.75) is 72.4 Å². The third-order valence-electron chi connectivity index (χ3n) is 7.06. The predicted molar refractivity (Wildman–Crippen MR) is 166 cm³/mol. The summed E-state index contributed by atoms with van der Waals surface area (Å²) >= 11 is 0. The van der Waals surface area contributed by atoms with Crippen LogP contribution >= 0.6 is 0 Å². The smallest absolute Gasteiger partial charge is 0.200 e. The second-order valence-corrected chi connectivity index (χ2v) is 11.5. The van der Waals surface area contributed by atoms with Gasteiger partial charge in [0.1, 0.15) is 29.3 Å². The van der Waals surface area contributed by atoms with Crippen LogP contribution in [0.3, 0.4) is 0 Å². The normalized spacial score (nSPS) is 12.5. The second kappa shape index (κ2) is 15.0. The van der Waals surface area contributed by atoms with Crippen LogP contribution in [0.15, 0.2) is 57.4 Å². The van der Waals surface area contributed by atoms with Gasteiger partial charge in [-0.05, 0) is 81.3 Å². The van der Waals surface area contributed by atoms with E-state index in [0.29, 0.717) is 48.4 Å². The van der Waals surface area contributed by atoms with Gasteiger partial charge in [-0.2, -0.15) is 0 Å². The zero-order chi connectivity index (χ0) is 30.1. The van der Waals surface area contributed by atoms with Crippen LogP contribution in [0, 0.1) is 5.92 Å². The van der Waals surface area contributed by atoms with E-state index in [9.17, 15) is 9.59 Å². The maximum absolute atomic E-state index is 12.7. The third-order valence-corrected chi connectivity index (χ3v) is 7.06. The highest BCUT2D eigenvalue weighted by molar-refractivity contribution is 5.99. The van der Waals surface area contributed by atoms with Crippen LogP contribution < -0.4 is 20.1 Å². The average Bonchev–Trinajstić information content (AvgIpc) is 3.58. The van der Waals surface area contributed by atoms with Crippen LogP contribution in [0.25, 0.3) is 21.9 Å². The van der Waals surface area contributed by atoms with Crippen LogP contribution in [0.1, 0.15) is 81.4 Å². The fraction of sp³-hybridized carbons (Fsp3) is 0.471. The fourth-order valence-electron chi connectivity index (χ4n) is 4.69. The second-order valence-electron chi connectivity index (χ2n) is 11.5. The van der Waals surface area contributed by atoms with Crippen molar-refractivity contribution in [3.05, 3.63) is 60.1 Å². The molecule has 8 nitrogen and oxygen atoms in total. The van der Waals surface area contributed by atoms with Crippen LogP contribution in [-0.4, -0.2) is 50.0 Å². The summed E-state index contributed by atoms with van der Waals surface area (Å²) in [7, 11) is 0. The first-order valence-electron chi connectivity index (χ1n) is 15.1. The molecule has 0 aliphatic rings. The lowest BCUT2D eigenvalue weighted by Gasteiger charge is -2.13. The molecule has 0 bridgehead atoms.